The molecule has 1 N–H and O–H groups in total. The number of rotatable bonds is 5. The molecule has 1 aliphatic rings. The van der Waals surface area contributed by atoms with Crippen molar-refractivity contribution in [2.45, 2.75) is 52.4 Å². The molecule has 0 heterocycles. The Bertz CT molecular complexity index is 144. The minimum absolute atomic E-state index is 0.952. The molecule has 0 aromatic carbocycles. The molecule has 1 saturated carbocycles. The van der Waals surface area contributed by atoms with E-state index in [0.29, 0.717) is 0 Å². The highest BCUT2D eigenvalue weighted by Crippen LogP contribution is 2.36. The Labute approximate surface area is 89.7 Å². The van der Waals surface area contributed by atoms with Gasteiger partial charge < -0.3 is 5.32 Å². The summed E-state index contributed by atoms with van der Waals surface area (Å²) in [4.78, 5) is 0. The van der Waals surface area contributed by atoms with Gasteiger partial charge in [0.2, 0.25) is 0 Å². The molecule has 0 saturated heterocycles. The fourth-order valence-electron chi connectivity index (χ4n) is 2.94. The fourth-order valence-corrected chi connectivity index (χ4v) is 2.94. The molecule has 1 fully saturated rings. The Hall–Kier alpha value is -0.0400. The second-order valence-electron chi connectivity index (χ2n) is 5.12. The first kappa shape index (κ1) is 12.0. The predicted molar refractivity (Wildman–Crippen MR) is 63.4 cm³/mol. The SMILES string of the molecule is CCCCC1CCC(CNC)CC1C. The van der Waals surface area contributed by atoms with E-state index in [1.165, 1.54) is 45.1 Å². The van der Waals surface area contributed by atoms with Crippen molar-refractivity contribution in [2.24, 2.45) is 17.8 Å². The van der Waals surface area contributed by atoms with Crippen LogP contribution < -0.4 is 5.32 Å². The third-order valence-electron chi connectivity index (χ3n) is 3.88. The van der Waals surface area contributed by atoms with Crippen molar-refractivity contribution >= 4 is 0 Å². The van der Waals surface area contributed by atoms with Crippen LogP contribution >= 0.6 is 0 Å². The van der Waals surface area contributed by atoms with Gasteiger partial charge in [-0.3, -0.25) is 0 Å². The number of nitrogens with one attached hydrogen (secondary N) is 1. The Morgan fingerprint density at radius 1 is 1.29 bits per heavy atom. The maximum Gasteiger partial charge on any atom is -0.00234 e. The van der Waals surface area contributed by atoms with E-state index in [-0.39, 0.29) is 0 Å². The van der Waals surface area contributed by atoms with E-state index in [0.717, 1.165) is 17.8 Å². The lowest BCUT2D eigenvalue weighted by atomic mass is 9.73. The zero-order chi connectivity index (χ0) is 10.4. The third kappa shape index (κ3) is 3.61. The minimum atomic E-state index is 0.952. The zero-order valence-corrected chi connectivity index (χ0v) is 10.2. The van der Waals surface area contributed by atoms with Crippen LogP contribution in [0.4, 0.5) is 0 Å². The maximum absolute atomic E-state index is 3.32. The molecule has 1 nitrogen and oxygen atoms in total. The molecule has 0 amide bonds. The van der Waals surface area contributed by atoms with Crippen molar-refractivity contribution in [3.05, 3.63) is 0 Å². The highest BCUT2D eigenvalue weighted by atomic mass is 14.8. The summed E-state index contributed by atoms with van der Waals surface area (Å²) >= 11 is 0. The molecule has 1 heteroatoms. The van der Waals surface area contributed by atoms with Crippen LogP contribution in [0.2, 0.25) is 0 Å². The first-order valence-corrected chi connectivity index (χ1v) is 6.42. The van der Waals surface area contributed by atoms with Gasteiger partial charge in [0.25, 0.3) is 0 Å². The Kier molecular flexibility index (Phi) is 5.54. The summed E-state index contributed by atoms with van der Waals surface area (Å²) in [6, 6.07) is 0. The molecule has 3 atom stereocenters. The van der Waals surface area contributed by atoms with Crippen molar-refractivity contribution < 1.29 is 0 Å². The van der Waals surface area contributed by atoms with Gasteiger partial charge in [0.05, 0.1) is 0 Å². The molecule has 1 aliphatic carbocycles. The topological polar surface area (TPSA) is 12.0 Å². The largest absolute Gasteiger partial charge is 0.319 e. The van der Waals surface area contributed by atoms with E-state index >= 15 is 0 Å². The number of unbranched alkanes of at least 4 members (excludes halogenated alkanes) is 1. The predicted octanol–water partition coefficient (Wildman–Crippen LogP) is 3.45. The summed E-state index contributed by atoms with van der Waals surface area (Å²) in [5.41, 5.74) is 0. The highest BCUT2D eigenvalue weighted by Gasteiger charge is 2.26. The second kappa shape index (κ2) is 6.44. The first-order valence-electron chi connectivity index (χ1n) is 6.42. The Morgan fingerprint density at radius 3 is 2.64 bits per heavy atom. The van der Waals surface area contributed by atoms with Gasteiger partial charge in [0.1, 0.15) is 0 Å². The summed E-state index contributed by atoms with van der Waals surface area (Å²) in [6.45, 7) is 5.99. The lowest BCUT2D eigenvalue weighted by Crippen LogP contribution is -2.28. The van der Waals surface area contributed by atoms with Crippen LogP contribution in [0.25, 0.3) is 0 Å². The van der Waals surface area contributed by atoms with Gasteiger partial charge in [-0.25, -0.2) is 0 Å². The molecule has 3 unspecified atom stereocenters. The highest BCUT2D eigenvalue weighted by molar-refractivity contribution is 4.78. The van der Waals surface area contributed by atoms with Crippen LogP contribution in [0.5, 0.6) is 0 Å². The molecule has 0 radical (unpaired) electrons. The van der Waals surface area contributed by atoms with Crippen LogP contribution in [0.1, 0.15) is 52.4 Å². The summed E-state index contributed by atoms with van der Waals surface area (Å²) in [5.74, 6) is 2.95. The Balaban J connectivity index is 2.24. The van der Waals surface area contributed by atoms with E-state index in [4.69, 9.17) is 0 Å². The second-order valence-corrected chi connectivity index (χ2v) is 5.12. The molecular formula is C13H27N. The summed E-state index contributed by atoms with van der Waals surface area (Å²) in [7, 11) is 2.08. The standard InChI is InChI=1S/C13H27N/c1-4-5-6-13-8-7-12(10-14-3)9-11(13)2/h11-14H,4-10H2,1-3H3. The van der Waals surface area contributed by atoms with E-state index in [9.17, 15) is 0 Å². The van der Waals surface area contributed by atoms with Gasteiger partial charge in [0.15, 0.2) is 0 Å². The number of hydrogen-bond donors (Lipinski definition) is 1. The van der Waals surface area contributed by atoms with E-state index in [1.807, 2.05) is 0 Å². The summed E-state index contributed by atoms with van der Waals surface area (Å²) in [6.07, 6.45) is 8.67. The zero-order valence-electron chi connectivity index (χ0n) is 10.2. The summed E-state index contributed by atoms with van der Waals surface area (Å²) < 4.78 is 0. The van der Waals surface area contributed by atoms with Crippen LogP contribution in [0.3, 0.4) is 0 Å². The van der Waals surface area contributed by atoms with Gasteiger partial charge in [-0.1, -0.05) is 33.1 Å². The van der Waals surface area contributed by atoms with Crippen molar-refractivity contribution in [2.75, 3.05) is 13.6 Å². The van der Waals surface area contributed by atoms with Crippen LogP contribution in [0.15, 0.2) is 0 Å². The van der Waals surface area contributed by atoms with E-state index < -0.39 is 0 Å². The molecule has 1 rings (SSSR count). The third-order valence-corrected chi connectivity index (χ3v) is 3.88. The maximum atomic E-state index is 3.32. The molecule has 0 aromatic heterocycles. The van der Waals surface area contributed by atoms with Crippen LogP contribution in [-0.4, -0.2) is 13.6 Å². The smallest absolute Gasteiger partial charge is 0.00234 e. The van der Waals surface area contributed by atoms with Crippen molar-refractivity contribution in [1.29, 1.82) is 0 Å². The van der Waals surface area contributed by atoms with Gasteiger partial charge in [-0.2, -0.15) is 0 Å². The molecular weight excluding hydrogens is 170 g/mol. The molecule has 14 heavy (non-hydrogen) atoms. The molecule has 0 spiro atoms. The minimum Gasteiger partial charge on any atom is -0.319 e. The normalized spacial score (nSPS) is 33.2. The molecule has 0 aliphatic heterocycles. The number of hydrogen-bond acceptors (Lipinski definition) is 1. The van der Waals surface area contributed by atoms with Crippen molar-refractivity contribution in [3.63, 3.8) is 0 Å². The summed E-state index contributed by atoms with van der Waals surface area (Å²) in [5, 5.41) is 3.32. The molecule has 0 bridgehead atoms. The van der Waals surface area contributed by atoms with Crippen molar-refractivity contribution in [1.82, 2.24) is 5.32 Å². The fraction of sp³-hybridized carbons (Fsp3) is 1.00. The lowest BCUT2D eigenvalue weighted by molar-refractivity contribution is 0.180. The monoisotopic (exact) mass is 197 g/mol. The average Bonchev–Trinajstić information content (AvgIpc) is 2.17. The average molecular weight is 197 g/mol. The van der Waals surface area contributed by atoms with Gasteiger partial charge in [-0.05, 0) is 50.6 Å². The van der Waals surface area contributed by atoms with E-state index in [1.54, 1.807) is 0 Å². The Morgan fingerprint density at radius 2 is 2.07 bits per heavy atom. The molecule has 84 valence electrons. The van der Waals surface area contributed by atoms with Crippen molar-refractivity contribution in [3.8, 4) is 0 Å². The lowest BCUT2D eigenvalue weighted by Gasteiger charge is -2.34. The van der Waals surface area contributed by atoms with Gasteiger partial charge >= 0.3 is 0 Å². The molecule has 0 aromatic rings. The van der Waals surface area contributed by atoms with Gasteiger partial charge in [-0.15, -0.1) is 0 Å². The van der Waals surface area contributed by atoms with Crippen LogP contribution in [-0.2, 0) is 0 Å². The first-order chi connectivity index (χ1) is 6.77. The van der Waals surface area contributed by atoms with Gasteiger partial charge in [0, 0.05) is 0 Å². The quantitative estimate of drug-likeness (QED) is 0.712. The van der Waals surface area contributed by atoms with Crippen LogP contribution in [0, 0.1) is 17.8 Å². The van der Waals surface area contributed by atoms with E-state index in [2.05, 4.69) is 26.2 Å².